The summed E-state index contributed by atoms with van der Waals surface area (Å²) in [5.74, 6) is -26.3. The Hall–Kier alpha value is -2.49. The summed E-state index contributed by atoms with van der Waals surface area (Å²) in [6, 6.07) is 10.9. The van der Waals surface area contributed by atoms with Gasteiger partial charge in [-0.25, -0.2) is 39.3 Å². The molecule has 2 aromatic carbocycles. The Balaban J connectivity index is 0.000000155. The molecule has 0 aliphatic heterocycles. The smallest absolute Gasteiger partial charge is 0.374 e. The fraction of sp³-hybridized carbons (Fsp3) is 0.591. The van der Waals surface area contributed by atoms with Gasteiger partial charge in [0.25, 0.3) is 12.5 Å². The molecule has 4 fully saturated rings. The van der Waals surface area contributed by atoms with Crippen molar-refractivity contribution in [2.75, 3.05) is 19.8 Å². The largest absolute Gasteiger partial charge is 0.504 e. The van der Waals surface area contributed by atoms with E-state index < -0.39 is 99.9 Å². The fourth-order valence-corrected chi connectivity index (χ4v) is 14.6. The summed E-state index contributed by atoms with van der Waals surface area (Å²) in [6.07, 6.45) is 18.8. The monoisotopic (exact) mass is 935 g/mol. The minimum atomic E-state index is -5.64. The molecule has 0 spiro atoms. The summed E-state index contributed by atoms with van der Waals surface area (Å²) in [4.78, 5) is 0. The highest BCUT2D eigenvalue weighted by molar-refractivity contribution is 7.72. The van der Waals surface area contributed by atoms with Crippen LogP contribution in [0.2, 0.25) is 11.8 Å². The van der Waals surface area contributed by atoms with E-state index in [1.807, 2.05) is 20.8 Å². The maximum Gasteiger partial charge on any atom is 0.504 e. The zero-order chi connectivity index (χ0) is 46.9. The van der Waals surface area contributed by atoms with Crippen LogP contribution >= 0.6 is 8.72 Å². The minimum absolute atomic E-state index is 0.0379. The van der Waals surface area contributed by atoms with Crippen molar-refractivity contribution in [3.05, 3.63) is 107 Å². The number of rotatable bonds is 13. The number of nitrogens with two attached hydrogens (primary N) is 1. The average Bonchev–Trinajstić information content (AvgIpc) is 4.16. The van der Waals surface area contributed by atoms with Crippen LogP contribution in [0.1, 0.15) is 64.0 Å². The fourth-order valence-electron chi connectivity index (χ4n) is 11.0. The topological polar surface area (TPSA) is 53.7 Å². The van der Waals surface area contributed by atoms with Crippen LogP contribution in [0.4, 0.5) is 48.1 Å². The number of allylic oxidation sites excluding steroid dienone is 6. The van der Waals surface area contributed by atoms with Gasteiger partial charge in [-0.3, -0.25) is 0 Å². The van der Waals surface area contributed by atoms with E-state index in [1.165, 1.54) is 49.8 Å². The molecule has 4 saturated carbocycles. The molecule has 7 aliphatic carbocycles. The van der Waals surface area contributed by atoms with Crippen LogP contribution in [0.25, 0.3) is 0 Å². The molecule has 19 heteroatoms. The van der Waals surface area contributed by atoms with Crippen molar-refractivity contribution in [3.63, 3.8) is 0 Å². The molecule has 12 unspecified atom stereocenters. The lowest BCUT2D eigenvalue weighted by molar-refractivity contribution is -0.373. The van der Waals surface area contributed by atoms with E-state index in [-0.39, 0.29) is 12.6 Å². The molecule has 2 N–H and O–H groups in total. The first-order valence-electron chi connectivity index (χ1n) is 22.1. The van der Waals surface area contributed by atoms with Gasteiger partial charge in [0.05, 0.1) is 9.12 Å². The number of halogens is 11. The van der Waals surface area contributed by atoms with E-state index in [2.05, 4.69) is 54.6 Å². The van der Waals surface area contributed by atoms with Gasteiger partial charge < -0.3 is 18.9 Å². The summed E-state index contributed by atoms with van der Waals surface area (Å²) in [7, 11) is 0.178. The molecule has 6 bridgehead atoms. The molecule has 0 amide bonds. The SMILES string of the molecule is C1=CC2CC1CC2Cc1ccccc1.CCO[Si](OCC)(OCC)C1CC2C=CC1C2.Fc1c(F)c(F)c(C(F)(F)C2(F)C3C4C=CC(C4)C3C2(F)F)c(F)c1F.[3H]P(F)B(N)C[B]. The number of alkyl halides is 5. The molecule has 4 nitrogen and oxygen atoms in total. The molecule has 12 atom stereocenters. The Morgan fingerprint density at radius 3 is 1.65 bits per heavy atom. The first kappa shape index (κ1) is 48.4. The van der Waals surface area contributed by atoms with Crippen LogP contribution in [0.3, 0.4) is 0 Å². The number of fused-ring (bicyclic) bond motifs is 9. The van der Waals surface area contributed by atoms with Gasteiger partial charge >= 0.3 is 14.7 Å². The normalized spacial score (nSPS) is 32.8. The van der Waals surface area contributed by atoms with Crippen LogP contribution in [0.15, 0.2) is 66.8 Å². The summed E-state index contributed by atoms with van der Waals surface area (Å²) in [5.41, 5.74) is -0.691. The standard InChI is InChI=1S/C16H8F10.C14H16.C13H24O3Si.CH5B2FNP/c17-9-8(10(18)12(20)13(21)11(9)19)16(25,26)14(22)6-4-1-2-5(3-4)7(6)15(14,23)24;1-2-4-11(5-3-1)8-14-10-12-6-7-13(14)9-12;1-4-14-17(15-5-2,16-6-3)13-10-11-7-8-12(13)9-11;2-1-3(5)6-4/h1-2,4-7H,3H2;1-7,12-14H,8-10H2;7-8,11-13H,4-6,9-10H2,1-3H3;6H,1,5H2/i;;;6T. The Morgan fingerprint density at radius 2 is 1.22 bits per heavy atom. The zero-order valence-corrected chi connectivity index (χ0v) is 37.2. The highest BCUT2D eigenvalue weighted by Gasteiger charge is 2.90. The maximum atomic E-state index is 15.1. The molecule has 0 aromatic heterocycles. The van der Waals surface area contributed by atoms with Crippen molar-refractivity contribution < 1.29 is 61.4 Å². The lowest BCUT2D eigenvalue weighted by Gasteiger charge is -2.58. The molecular weight excluding hydrogens is 880 g/mol. The van der Waals surface area contributed by atoms with Gasteiger partial charge in [-0.1, -0.05) is 73.0 Å². The lowest BCUT2D eigenvalue weighted by Crippen LogP contribution is -2.76. The van der Waals surface area contributed by atoms with E-state index in [0.717, 1.165) is 23.7 Å². The summed E-state index contributed by atoms with van der Waals surface area (Å²) >= 11 is 0. The summed E-state index contributed by atoms with van der Waals surface area (Å²) < 4.78 is 176. The maximum absolute atomic E-state index is 15.1. The van der Waals surface area contributed by atoms with Gasteiger partial charge in [0, 0.05) is 45.9 Å². The van der Waals surface area contributed by atoms with Crippen molar-refractivity contribution in [3.8, 4) is 0 Å². The molecule has 0 saturated heterocycles. The molecule has 7 aliphatic rings. The number of hydrogen-bond acceptors (Lipinski definition) is 4. The molecule has 344 valence electrons. The summed E-state index contributed by atoms with van der Waals surface area (Å²) in [5, 5.41) is 0. The molecule has 2 radical (unpaired) electrons. The quantitative estimate of drug-likeness (QED) is 0.0543. The minimum Gasteiger partial charge on any atom is -0.374 e. The van der Waals surface area contributed by atoms with Gasteiger partial charge in [0.2, 0.25) is 11.5 Å². The molecule has 0 heterocycles. The van der Waals surface area contributed by atoms with E-state index in [0.29, 0.717) is 31.3 Å². The Kier molecular flexibility index (Phi) is 15.5. The predicted octanol–water partition coefficient (Wildman–Crippen LogP) is 11.8. The van der Waals surface area contributed by atoms with Crippen LogP contribution in [-0.4, -0.2) is 55.9 Å². The van der Waals surface area contributed by atoms with Crippen LogP contribution in [-0.2, 0) is 25.6 Å². The van der Waals surface area contributed by atoms with E-state index in [1.54, 1.807) is 0 Å². The van der Waals surface area contributed by atoms with Gasteiger partial charge in [-0.15, -0.1) is 0 Å². The van der Waals surface area contributed by atoms with Crippen LogP contribution in [0, 0.1) is 82.3 Å². The van der Waals surface area contributed by atoms with Crippen molar-refractivity contribution in [1.29, 1.82) is 1.28 Å². The predicted molar refractivity (Wildman–Crippen MR) is 225 cm³/mol. The Morgan fingerprint density at radius 1 is 0.730 bits per heavy atom. The van der Waals surface area contributed by atoms with Gasteiger partial charge in [-0.2, -0.15) is 8.78 Å². The van der Waals surface area contributed by atoms with E-state index >= 15 is 4.39 Å². The second-order valence-electron chi connectivity index (χ2n) is 17.3. The second kappa shape index (κ2) is 20.2. The third-order valence-electron chi connectivity index (χ3n) is 13.7. The number of hydrogen-bond donors (Lipinski definition) is 1. The first-order chi connectivity index (χ1) is 30.2. The van der Waals surface area contributed by atoms with Crippen molar-refractivity contribution in [1.82, 2.24) is 0 Å². The molecule has 9 rings (SSSR count). The van der Waals surface area contributed by atoms with E-state index in [4.69, 9.17) is 28.0 Å². The average molecular weight is 936 g/mol. The van der Waals surface area contributed by atoms with Crippen LogP contribution < -0.4 is 5.64 Å². The third kappa shape index (κ3) is 9.17. The molecule has 2 aromatic rings. The van der Waals surface area contributed by atoms with E-state index in [9.17, 15) is 43.7 Å². The Labute approximate surface area is 368 Å². The highest BCUT2D eigenvalue weighted by Crippen LogP contribution is 2.76. The third-order valence-corrected chi connectivity index (χ3v) is 17.8. The van der Waals surface area contributed by atoms with Crippen molar-refractivity contribution in [2.45, 2.75) is 88.6 Å². The van der Waals surface area contributed by atoms with Crippen molar-refractivity contribution in [2.24, 2.45) is 58.9 Å². The summed E-state index contributed by atoms with van der Waals surface area (Å²) in [6.45, 7) is 7.39. The zero-order valence-electron chi connectivity index (χ0n) is 36.3. The number of benzene rings is 2. The van der Waals surface area contributed by atoms with Gasteiger partial charge in [0.1, 0.15) is 5.56 Å². The second-order valence-corrected chi connectivity index (χ2v) is 20.9. The molecular formula is C44H53B2F11NO3PSi. The van der Waals surface area contributed by atoms with Crippen LogP contribution in [0.5, 0.6) is 0 Å². The lowest BCUT2D eigenvalue weighted by atomic mass is 9.52. The first-order valence-corrected chi connectivity index (χ1v) is 24.3. The molecule has 63 heavy (non-hydrogen) atoms. The Bertz CT molecular complexity index is 1980. The van der Waals surface area contributed by atoms with Gasteiger partial charge in [-0.05, 0) is 106 Å². The van der Waals surface area contributed by atoms with Crippen molar-refractivity contribution >= 4 is 31.9 Å². The highest BCUT2D eigenvalue weighted by atomic mass is 31.1. The van der Waals surface area contributed by atoms with Gasteiger partial charge in [0.15, 0.2) is 23.3 Å².